The molecule has 16 heavy (non-hydrogen) atoms. The number of rotatable bonds is 2. The van der Waals surface area contributed by atoms with Crippen molar-refractivity contribution >= 4 is 19.7 Å². The Kier molecular flexibility index (Phi) is 3.27. The van der Waals surface area contributed by atoms with Crippen LogP contribution in [0.1, 0.15) is 43.2 Å². The predicted octanol–water partition coefficient (Wildman–Crippen LogP) is 3.44. The maximum atomic E-state index is 11.2. The highest BCUT2D eigenvalue weighted by molar-refractivity contribution is 8.13. The summed E-state index contributed by atoms with van der Waals surface area (Å²) in [5.41, 5.74) is 2.46. The molecule has 0 aromatic heterocycles. The first kappa shape index (κ1) is 11.9. The van der Waals surface area contributed by atoms with Crippen LogP contribution >= 0.6 is 10.7 Å². The Balaban J connectivity index is 2.47. The van der Waals surface area contributed by atoms with Gasteiger partial charge in [-0.15, -0.1) is 0 Å². The Morgan fingerprint density at radius 3 is 2.81 bits per heavy atom. The minimum atomic E-state index is -3.59. The van der Waals surface area contributed by atoms with Crippen molar-refractivity contribution in [1.82, 2.24) is 0 Å². The van der Waals surface area contributed by atoms with Gasteiger partial charge in [0.1, 0.15) is 0 Å². The molecule has 0 heterocycles. The van der Waals surface area contributed by atoms with E-state index in [1.165, 1.54) is 12.0 Å². The van der Waals surface area contributed by atoms with Crippen molar-refractivity contribution in [3.8, 4) is 0 Å². The largest absolute Gasteiger partial charge is 0.261 e. The third-order valence-electron chi connectivity index (χ3n) is 3.33. The third-order valence-corrected chi connectivity index (χ3v) is 4.68. The second-order valence-electron chi connectivity index (χ2n) is 4.30. The monoisotopic (exact) mass is 258 g/mol. The van der Waals surface area contributed by atoms with Crippen LogP contribution in [-0.4, -0.2) is 8.42 Å². The van der Waals surface area contributed by atoms with Crippen molar-refractivity contribution in [2.24, 2.45) is 0 Å². The zero-order valence-electron chi connectivity index (χ0n) is 9.24. The third kappa shape index (κ3) is 2.25. The molecule has 0 fully saturated rings. The van der Waals surface area contributed by atoms with E-state index in [0.717, 1.165) is 24.8 Å². The van der Waals surface area contributed by atoms with E-state index >= 15 is 0 Å². The molecule has 1 atom stereocenters. The summed E-state index contributed by atoms with van der Waals surface area (Å²) in [6.07, 6.45) is 4.42. The van der Waals surface area contributed by atoms with Gasteiger partial charge < -0.3 is 0 Å². The van der Waals surface area contributed by atoms with Gasteiger partial charge in [-0.2, -0.15) is 0 Å². The van der Waals surface area contributed by atoms with Gasteiger partial charge in [-0.3, -0.25) is 0 Å². The zero-order valence-corrected chi connectivity index (χ0v) is 10.8. The molecule has 4 heteroatoms. The van der Waals surface area contributed by atoms with Crippen molar-refractivity contribution < 1.29 is 8.42 Å². The van der Waals surface area contributed by atoms with Gasteiger partial charge in [0.15, 0.2) is 0 Å². The molecule has 0 N–H and O–H groups in total. The number of hydrogen-bond acceptors (Lipinski definition) is 2. The molecule has 2 nitrogen and oxygen atoms in total. The summed E-state index contributed by atoms with van der Waals surface area (Å²) in [5, 5.41) is 0. The average molecular weight is 259 g/mol. The molecular formula is C12H15ClO2S. The minimum Gasteiger partial charge on any atom is -0.207 e. The molecule has 0 amide bonds. The molecule has 0 saturated heterocycles. The fourth-order valence-electron chi connectivity index (χ4n) is 2.47. The first-order valence-corrected chi connectivity index (χ1v) is 7.90. The Morgan fingerprint density at radius 1 is 1.44 bits per heavy atom. The first-order valence-electron chi connectivity index (χ1n) is 5.60. The van der Waals surface area contributed by atoms with Crippen LogP contribution in [0.15, 0.2) is 23.1 Å². The molecule has 1 aromatic carbocycles. The molecular weight excluding hydrogens is 244 g/mol. The number of hydrogen-bond donors (Lipinski definition) is 0. The van der Waals surface area contributed by atoms with Gasteiger partial charge in [0.05, 0.1) is 4.90 Å². The zero-order chi connectivity index (χ0) is 11.8. The Hall–Kier alpha value is -0.540. The summed E-state index contributed by atoms with van der Waals surface area (Å²) in [4.78, 5) is 0.227. The van der Waals surface area contributed by atoms with Gasteiger partial charge in [-0.05, 0) is 54.9 Å². The van der Waals surface area contributed by atoms with Crippen LogP contribution in [0, 0.1) is 0 Å². The highest BCUT2D eigenvalue weighted by atomic mass is 35.7. The van der Waals surface area contributed by atoms with E-state index in [4.69, 9.17) is 10.7 Å². The summed E-state index contributed by atoms with van der Waals surface area (Å²) in [7, 11) is 1.76. The maximum Gasteiger partial charge on any atom is 0.261 e. The van der Waals surface area contributed by atoms with Crippen molar-refractivity contribution in [2.45, 2.75) is 43.4 Å². The summed E-state index contributed by atoms with van der Waals surface area (Å²) < 4.78 is 22.5. The molecule has 0 radical (unpaired) electrons. The molecule has 2 rings (SSSR count). The Morgan fingerprint density at radius 2 is 2.19 bits per heavy atom. The van der Waals surface area contributed by atoms with E-state index in [-0.39, 0.29) is 4.90 Å². The summed E-state index contributed by atoms with van der Waals surface area (Å²) in [6, 6.07) is 5.28. The van der Waals surface area contributed by atoms with Crippen molar-refractivity contribution in [3.05, 3.63) is 29.3 Å². The number of aryl methyl sites for hydroxylation is 1. The van der Waals surface area contributed by atoms with E-state index < -0.39 is 9.05 Å². The number of benzene rings is 1. The Bertz CT molecular complexity index is 494. The fourth-order valence-corrected chi connectivity index (χ4v) is 3.27. The van der Waals surface area contributed by atoms with Gasteiger partial charge in [0.2, 0.25) is 0 Å². The molecule has 0 bridgehead atoms. The standard InChI is InChI=1S/C12H15ClO2S/c1-2-9-4-3-5-10-8-11(16(13,14)15)6-7-12(9)10/h6-9H,2-5H2,1H3/t9-/m1/s1. The van der Waals surface area contributed by atoms with Crippen LogP contribution in [0.4, 0.5) is 0 Å². The normalized spacial score (nSPS) is 20.5. The lowest BCUT2D eigenvalue weighted by Crippen LogP contribution is -2.09. The van der Waals surface area contributed by atoms with Crippen molar-refractivity contribution in [2.75, 3.05) is 0 Å². The van der Waals surface area contributed by atoms with Gasteiger partial charge in [0.25, 0.3) is 9.05 Å². The van der Waals surface area contributed by atoms with Crippen molar-refractivity contribution in [3.63, 3.8) is 0 Å². The van der Waals surface area contributed by atoms with E-state index in [2.05, 4.69) is 6.92 Å². The molecule has 0 spiro atoms. The molecule has 1 aliphatic rings. The van der Waals surface area contributed by atoms with Crippen LogP contribution in [0.25, 0.3) is 0 Å². The van der Waals surface area contributed by atoms with Crippen LogP contribution in [0.2, 0.25) is 0 Å². The lowest BCUT2D eigenvalue weighted by molar-refractivity contribution is 0.538. The average Bonchev–Trinajstić information content (AvgIpc) is 2.26. The smallest absolute Gasteiger partial charge is 0.207 e. The number of fused-ring (bicyclic) bond motifs is 1. The van der Waals surface area contributed by atoms with Crippen LogP contribution < -0.4 is 0 Å². The number of halogens is 1. The van der Waals surface area contributed by atoms with Gasteiger partial charge in [-0.25, -0.2) is 8.42 Å². The van der Waals surface area contributed by atoms with E-state index in [9.17, 15) is 8.42 Å². The van der Waals surface area contributed by atoms with Crippen LogP contribution in [0.5, 0.6) is 0 Å². The van der Waals surface area contributed by atoms with Crippen LogP contribution in [-0.2, 0) is 15.5 Å². The topological polar surface area (TPSA) is 34.1 Å². The van der Waals surface area contributed by atoms with E-state index in [1.807, 2.05) is 6.07 Å². The Labute approximate surface area is 101 Å². The van der Waals surface area contributed by atoms with Crippen LogP contribution in [0.3, 0.4) is 0 Å². The predicted molar refractivity (Wildman–Crippen MR) is 65.5 cm³/mol. The molecule has 0 saturated carbocycles. The second-order valence-corrected chi connectivity index (χ2v) is 6.86. The quantitative estimate of drug-likeness (QED) is 0.762. The first-order chi connectivity index (χ1) is 7.52. The highest BCUT2D eigenvalue weighted by Gasteiger charge is 2.20. The highest BCUT2D eigenvalue weighted by Crippen LogP contribution is 2.35. The molecule has 1 aromatic rings. The minimum absolute atomic E-state index is 0.227. The van der Waals surface area contributed by atoms with Gasteiger partial charge in [-0.1, -0.05) is 13.0 Å². The molecule has 88 valence electrons. The van der Waals surface area contributed by atoms with Crippen molar-refractivity contribution in [1.29, 1.82) is 0 Å². The maximum absolute atomic E-state index is 11.2. The SMILES string of the molecule is CC[C@@H]1CCCc2cc(S(=O)(=O)Cl)ccc21. The summed E-state index contributed by atoms with van der Waals surface area (Å²) in [6.45, 7) is 2.17. The lowest BCUT2D eigenvalue weighted by Gasteiger charge is -2.24. The molecule has 0 aliphatic heterocycles. The van der Waals surface area contributed by atoms with Gasteiger partial charge in [0, 0.05) is 10.7 Å². The fraction of sp³-hybridized carbons (Fsp3) is 0.500. The second kappa shape index (κ2) is 4.38. The van der Waals surface area contributed by atoms with E-state index in [0.29, 0.717) is 5.92 Å². The summed E-state index contributed by atoms with van der Waals surface area (Å²) >= 11 is 0. The molecule has 1 aliphatic carbocycles. The van der Waals surface area contributed by atoms with E-state index in [1.54, 1.807) is 12.1 Å². The van der Waals surface area contributed by atoms with Gasteiger partial charge >= 0.3 is 0 Å². The lowest BCUT2D eigenvalue weighted by atomic mass is 9.81. The summed E-state index contributed by atoms with van der Waals surface area (Å²) in [5.74, 6) is 0.579. The molecule has 0 unspecified atom stereocenters.